The number of aliphatic hydroxyl groups is 1. The molecule has 2 heterocycles. The van der Waals surface area contributed by atoms with Crippen molar-refractivity contribution in [1.82, 2.24) is 14.4 Å². The van der Waals surface area contributed by atoms with E-state index in [1.165, 1.54) is 29.5 Å². The number of carboxylic acid groups (broad SMARTS) is 1. The summed E-state index contributed by atoms with van der Waals surface area (Å²) < 4.78 is 43.1. The summed E-state index contributed by atoms with van der Waals surface area (Å²) in [7, 11) is 0. The van der Waals surface area contributed by atoms with E-state index in [0.29, 0.717) is 41.1 Å². The summed E-state index contributed by atoms with van der Waals surface area (Å²) >= 11 is 0. The monoisotopic (exact) mass is 552 g/mol. The Morgan fingerprint density at radius 1 is 1.15 bits per heavy atom. The first kappa shape index (κ1) is 27.6. The van der Waals surface area contributed by atoms with Gasteiger partial charge in [-0.15, -0.1) is 0 Å². The molecule has 2 aromatic heterocycles. The number of nitrogens with zero attached hydrogens (tertiary/aromatic N) is 3. The lowest BCUT2D eigenvalue weighted by Crippen LogP contribution is -2.40. The molecule has 3 atom stereocenters. The number of aliphatic carboxylic acids is 1. The molecule has 210 valence electrons. The van der Waals surface area contributed by atoms with Gasteiger partial charge in [-0.1, -0.05) is 56.3 Å². The summed E-state index contributed by atoms with van der Waals surface area (Å²) in [5.41, 5.74) is 4.65. The molecule has 0 bridgehead atoms. The molecule has 40 heavy (non-hydrogen) atoms. The third-order valence-electron chi connectivity index (χ3n) is 9.10. The Labute approximate surface area is 229 Å². The highest BCUT2D eigenvalue weighted by Crippen LogP contribution is 2.60. The number of rotatable bonds is 6. The minimum atomic E-state index is -2.67. The van der Waals surface area contributed by atoms with E-state index in [1.807, 2.05) is 13.8 Å². The van der Waals surface area contributed by atoms with Crippen LogP contribution in [-0.2, 0) is 10.4 Å². The van der Waals surface area contributed by atoms with Gasteiger partial charge in [0.25, 0.3) is 6.43 Å². The average molecular weight is 553 g/mol. The van der Waals surface area contributed by atoms with Crippen LogP contribution in [0.1, 0.15) is 75.4 Å². The van der Waals surface area contributed by atoms with E-state index in [9.17, 15) is 23.8 Å². The highest BCUT2D eigenvalue weighted by atomic mass is 19.3. The van der Waals surface area contributed by atoms with E-state index in [0.717, 1.165) is 6.20 Å². The molecule has 0 radical (unpaired) electrons. The molecule has 0 saturated heterocycles. The van der Waals surface area contributed by atoms with Gasteiger partial charge in [-0.05, 0) is 49.3 Å². The van der Waals surface area contributed by atoms with Gasteiger partial charge in [-0.3, -0.25) is 9.20 Å². The SMILES string of the molecule is CC(O)(c1ccc(-c2nc([C@@H]3CC[C@](C)(C(=O)O)C3(C)C)n3c(F)cnc(N)c23)cc1)c1cccc(C(F)F)c1. The highest BCUT2D eigenvalue weighted by Gasteiger charge is 2.57. The fourth-order valence-corrected chi connectivity index (χ4v) is 6.00. The maximum Gasteiger partial charge on any atom is 0.309 e. The van der Waals surface area contributed by atoms with Crippen molar-refractivity contribution in [2.75, 3.05) is 5.73 Å². The smallest absolute Gasteiger partial charge is 0.309 e. The van der Waals surface area contributed by atoms with E-state index >= 15 is 4.39 Å². The van der Waals surface area contributed by atoms with Crippen LogP contribution in [0.25, 0.3) is 16.8 Å². The summed E-state index contributed by atoms with van der Waals surface area (Å²) in [6.07, 6.45) is -0.749. The first-order valence-corrected chi connectivity index (χ1v) is 13.0. The zero-order valence-electron chi connectivity index (χ0n) is 22.6. The minimum Gasteiger partial charge on any atom is -0.481 e. The predicted octanol–water partition coefficient (Wildman–Crippen LogP) is 6.31. The number of nitrogens with two attached hydrogens (primary N) is 1. The maximum atomic E-state index is 15.3. The second kappa shape index (κ2) is 9.33. The van der Waals surface area contributed by atoms with Gasteiger partial charge in [0.15, 0.2) is 0 Å². The molecule has 1 fully saturated rings. The van der Waals surface area contributed by atoms with Gasteiger partial charge < -0.3 is 15.9 Å². The van der Waals surface area contributed by atoms with E-state index in [-0.39, 0.29) is 22.8 Å². The molecule has 5 rings (SSSR count). The normalized spacial score (nSPS) is 22.1. The number of carboxylic acids is 1. The van der Waals surface area contributed by atoms with Crippen LogP contribution in [0.4, 0.5) is 19.0 Å². The van der Waals surface area contributed by atoms with Crippen LogP contribution in [-0.4, -0.2) is 30.6 Å². The molecule has 1 aliphatic rings. The Kier molecular flexibility index (Phi) is 6.45. The van der Waals surface area contributed by atoms with Crippen molar-refractivity contribution in [1.29, 1.82) is 0 Å². The number of anilines is 1. The number of hydrogen-bond acceptors (Lipinski definition) is 5. The summed E-state index contributed by atoms with van der Waals surface area (Å²) in [6.45, 7) is 6.96. The lowest BCUT2D eigenvalue weighted by molar-refractivity contribution is -0.153. The van der Waals surface area contributed by atoms with Crippen molar-refractivity contribution < 1.29 is 28.2 Å². The fraction of sp³-hybridized carbons (Fsp3) is 0.367. The number of imidazole rings is 1. The molecular formula is C30H31F3N4O3. The summed E-state index contributed by atoms with van der Waals surface area (Å²) in [5.74, 6) is -1.54. The first-order chi connectivity index (χ1) is 18.7. The van der Waals surface area contributed by atoms with Crippen molar-refractivity contribution in [3.8, 4) is 11.3 Å². The van der Waals surface area contributed by atoms with Crippen LogP contribution in [0, 0.1) is 16.8 Å². The Morgan fingerprint density at radius 3 is 2.42 bits per heavy atom. The predicted molar refractivity (Wildman–Crippen MR) is 144 cm³/mol. The van der Waals surface area contributed by atoms with Crippen molar-refractivity contribution in [3.05, 3.63) is 83.2 Å². The Hall–Kier alpha value is -3.92. The number of benzene rings is 2. The van der Waals surface area contributed by atoms with Crippen LogP contribution in [0.3, 0.4) is 0 Å². The maximum absolute atomic E-state index is 15.3. The summed E-state index contributed by atoms with van der Waals surface area (Å²) in [4.78, 5) is 21.0. The third kappa shape index (κ3) is 4.04. The second-order valence-corrected chi connectivity index (χ2v) is 11.5. The quantitative estimate of drug-likeness (QED) is 0.259. The van der Waals surface area contributed by atoms with Gasteiger partial charge in [0.1, 0.15) is 28.5 Å². The van der Waals surface area contributed by atoms with E-state index in [2.05, 4.69) is 4.98 Å². The average Bonchev–Trinajstić information content (AvgIpc) is 3.42. The number of carbonyl (C=O) groups is 1. The standard InChI is InChI=1S/C30H31F3N4O3/c1-28(2)20(12-13-29(28,3)27(38)39)26-36-22(23-25(34)35-15-21(31)37(23)26)16-8-10-18(11-9-16)30(4,40)19-7-5-6-17(14-19)24(32)33/h5-11,14-15,20,24,40H,12-13H2,1-4H3,(H2,34,35)(H,38,39)/t20-,29+,30?/m0/s1. The van der Waals surface area contributed by atoms with Crippen molar-refractivity contribution in [2.45, 2.75) is 58.5 Å². The van der Waals surface area contributed by atoms with E-state index in [4.69, 9.17) is 10.7 Å². The summed E-state index contributed by atoms with van der Waals surface area (Å²) in [5, 5.41) is 21.3. The van der Waals surface area contributed by atoms with Crippen LogP contribution in [0.2, 0.25) is 0 Å². The third-order valence-corrected chi connectivity index (χ3v) is 9.10. The van der Waals surface area contributed by atoms with Gasteiger partial charge in [-0.25, -0.2) is 18.7 Å². The lowest BCUT2D eigenvalue weighted by Gasteiger charge is -2.38. The van der Waals surface area contributed by atoms with Gasteiger partial charge in [-0.2, -0.15) is 4.39 Å². The zero-order valence-corrected chi connectivity index (χ0v) is 22.6. The lowest BCUT2D eigenvalue weighted by atomic mass is 9.65. The van der Waals surface area contributed by atoms with Crippen molar-refractivity contribution in [2.24, 2.45) is 10.8 Å². The first-order valence-electron chi connectivity index (χ1n) is 13.0. The number of halogens is 3. The highest BCUT2D eigenvalue weighted by molar-refractivity contribution is 5.85. The Morgan fingerprint density at radius 2 is 1.82 bits per heavy atom. The zero-order chi connectivity index (χ0) is 29.2. The topological polar surface area (TPSA) is 114 Å². The molecule has 10 heteroatoms. The van der Waals surface area contributed by atoms with Crippen molar-refractivity contribution in [3.63, 3.8) is 0 Å². The molecule has 2 aromatic carbocycles. The molecule has 1 saturated carbocycles. The molecule has 7 nitrogen and oxygen atoms in total. The second-order valence-electron chi connectivity index (χ2n) is 11.5. The fourth-order valence-electron chi connectivity index (χ4n) is 6.00. The molecule has 1 unspecified atom stereocenters. The number of fused-ring (bicyclic) bond motifs is 1. The van der Waals surface area contributed by atoms with Crippen molar-refractivity contribution >= 4 is 17.3 Å². The number of aromatic nitrogens is 3. The minimum absolute atomic E-state index is 0.0619. The Bertz CT molecular complexity index is 1610. The van der Waals surface area contributed by atoms with Crippen LogP contribution in [0.5, 0.6) is 0 Å². The number of alkyl halides is 2. The van der Waals surface area contributed by atoms with Crippen LogP contribution >= 0.6 is 0 Å². The molecule has 1 aliphatic carbocycles. The molecule has 0 aliphatic heterocycles. The molecule has 0 spiro atoms. The van der Waals surface area contributed by atoms with Gasteiger partial charge in [0, 0.05) is 17.0 Å². The van der Waals surface area contributed by atoms with Gasteiger partial charge in [0.05, 0.1) is 11.6 Å². The van der Waals surface area contributed by atoms with Gasteiger partial charge >= 0.3 is 5.97 Å². The van der Waals surface area contributed by atoms with Crippen LogP contribution < -0.4 is 5.73 Å². The molecular weight excluding hydrogens is 521 g/mol. The molecule has 4 N–H and O–H groups in total. The Balaban J connectivity index is 1.61. The van der Waals surface area contributed by atoms with E-state index < -0.39 is 34.8 Å². The van der Waals surface area contributed by atoms with E-state index in [1.54, 1.807) is 37.3 Å². The molecule has 4 aromatic rings. The molecule has 0 amide bonds. The number of nitrogen functional groups attached to an aromatic ring is 1. The van der Waals surface area contributed by atoms with Crippen LogP contribution in [0.15, 0.2) is 54.7 Å². The van der Waals surface area contributed by atoms with Gasteiger partial charge in [0.2, 0.25) is 5.95 Å². The summed E-state index contributed by atoms with van der Waals surface area (Å²) in [6, 6.07) is 12.3. The number of hydrogen-bond donors (Lipinski definition) is 3. The largest absolute Gasteiger partial charge is 0.481 e.